The molecule has 5 rings (SSSR count). The Balaban J connectivity index is 0.00000180. The van der Waals surface area contributed by atoms with E-state index in [0.29, 0.717) is 18.4 Å². The van der Waals surface area contributed by atoms with E-state index in [2.05, 4.69) is 34.1 Å². The summed E-state index contributed by atoms with van der Waals surface area (Å²) >= 11 is 0. The van der Waals surface area contributed by atoms with Crippen molar-refractivity contribution in [1.82, 2.24) is 9.88 Å². The van der Waals surface area contributed by atoms with Gasteiger partial charge in [-0.3, -0.25) is 9.69 Å². The molecule has 1 saturated heterocycles. The first kappa shape index (κ1) is 18.8. The average Bonchev–Trinajstić information content (AvgIpc) is 3.05. The summed E-state index contributed by atoms with van der Waals surface area (Å²) < 4.78 is 5.04. The molecule has 2 N–H and O–H groups in total. The monoisotopic (exact) mass is 390 g/mol. The number of aromatic nitrogens is 1. The number of benzene rings is 1. The van der Waals surface area contributed by atoms with Gasteiger partial charge in [0, 0.05) is 29.7 Å². The second kappa shape index (κ2) is 7.12. The van der Waals surface area contributed by atoms with Crippen molar-refractivity contribution >= 4 is 29.3 Å². The lowest BCUT2D eigenvalue weighted by Gasteiger charge is -2.50. The molecule has 0 unspecified atom stereocenters. The van der Waals surface area contributed by atoms with Crippen LogP contribution < -0.4 is 0 Å². The van der Waals surface area contributed by atoms with Crippen LogP contribution in [0.1, 0.15) is 36.6 Å². The zero-order valence-corrected chi connectivity index (χ0v) is 16.4. The van der Waals surface area contributed by atoms with Crippen LogP contribution in [0.2, 0.25) is 0 Å². The number of piperidine rings is 1. The molecule has 5 atom stereocenters. The fraction of sp³-hybridized carbons (Fsp3) is 0.571. The molecule has 146 valence electrons. The number of methoxy groups -OCH3 is 1. The van der Waals surface area contributed by atoms with Gasteiger partial charge >= 0.3 is 5.97 Å². The minimum atomic E-state index is -0.568. The molecule has 1 aliphatic carbocycles. The van der Waals surface area contributed by atoms with Crippen molar-refractivity contribution < 1.29 is 14.6 Å². The van der Waals surface area contributed by atoms with Crippen LogP contribution in [-0.2, 0) is 16.0 Å². The molecule has 6 heteroatoms. The van der Waals surface area contributed by atoms with Crippen molar-refractivity contribution in [1.29, 1.82) is 0 Å². The fourth-order valence-corrected chi connectivity index (χ4v) is 5.80. The summed E-state index contributed by atoms with van der Waals surface area (Å²) in [5.41, 5.74) is 3.96. The zero-order valence-electron chi connectivity index (χ0n) is 15.6. The zero-order chi connectivity index (χ0) is 17.8. The van der Waals surface area contributed by atoms with Gasteiger partial charge in [0.2, 0.25) is 0 Å². The smallest absolute Gasteiger partial charge is 0.311 e. The van der Waals surface area contributed by atoms with E-state index in [-0.39, 0.29) is 30.2 Å². The topological polar surface area (TPSA) is 65.6 Å². The first-order valence-electron chi connectivity index (χ1n) is 9.76. The molecule has 1 saturated carbocycles. The second-order valence-corrected chi connectivity index (χ2v) is 8.18. The highest BCUT2D eigenvalue weighted by Gasteiger charge is 2.49. The predicted octanol–water partition coefficient (Wildman–Crippen LogP) is 3.07. The molecule has 2 fully saturated rings. The van der Waals surface area contributed by atoms with E-state index in [9.17, 15) is 9.90 Å². The maximum absolute atomic E-state index is 12.4. The molecule has 0 amide bonds. The number of esters is 1. The number of aromatic amines is 1. The van der Waals surface area contributed by atoms with Gasteiger partial charge in [-0.05, 0) is 49.1 Å². The molecule has 0 spiro atoms. The van der Waals surface area contributed by atoms with Gasteiger partial charge in [-0.15, -0.1) is 12.4 Å². The minimum absolute atomic E-state index is 0. The van der Waals surface area contributed by atoms with Gasteiger partial charge < -0.3 is 14.8 Å². The number of halogens is 1. The molecule has 2 aliphatic heterocycles. The van der Waals surface area contributed by atoms with Gasteiger partial charge in [0.25, 0.3) is 0 Å². The highest BCUT2D eigenvalue weighted by atomic mass is 35.5. The van der Waals surface area contributed by atoms with Crippen LogP contribution in [0.3, 0.4) is 0 Å². The van der Waals surface area contributed by atoms with E-state index in [1.807, 2.05) is 0 Å². The Kier molecular flexibility index (Phi) is 4.95. The van der Waals surface area contributed by atoms with Crippen LogP contribution >= 0.6 is 12.4 Å². The normalized spacial score (nSPS) is 32.7. The molecule has 3 aliphatic rings. The number of hydrogen-bond acceptors (Lipinski definition) is 4. The number of ether oxygens (including phenoxy) is 1. The second-order valence-electron chi connectivity index (χ2n) is 8.18. The lowest BCUT2D eigenvalue weighted by molar-refractivity contribution is -0.160. The van der Waals surface area contributed by atoms with E-state index >= 15 is 0 Å². The number of carbonyl (C=O) groups excluding carboxylic acids is 1. The molecular weight excluding hydrogens is 364 g/mol. The number of aliphatic hydroxyl groups excluding tert-OH is 1. The van der Waals surface area contributed by atoms with Crippen molar-refractivity contribution in [2.24, 2.45) is 17.8 Å². The van der Waals surface area contributed by atoms with Crippen LogP contribution in [0, 0.1) is 17.8 Å². The highest BCUT2D eigenvalue weighted by Crippen LogP contribution is 2.49. The molecule has 5 nitrogen and oxygen atoms in total. The number of fused-ring (bicyclic) bond motifs is 6. The summed E-state index contributed by atoms with van der Waals surface area (Å²) in [7, 11) is 1.43. The number of carbonyl (C=O) groups is 1. The van der Waals surface area contributed by atoms with Crippen molar-refractivity contribution in [3.05, 3.63) is 35.5 Å². The molecule has 27 heavy (non-hydrogen) atoms. The van der Waals surface area contributed by atoms with Crippen molar-refractivity contribution in [2.75, 3.05) is 20.2 Å². The molecule has 2 aromatic rings. The number of rotatable bonds is 1. The first-order valence-corrected chi connectivity index (χ1v) is 9.76. The standard InChI is InChI=1S/C21H26N2O3.ClH/c1-26-21(25)19-15-10-17-20-14(13-4-2-3-5-16(13)22-20)8-9-23(17)11-12(15)6-7-18(19)24;/h2-5,12,15,17-19,22,24H,6-11H2,1H3;1H/t12-,15+,17-,18-,19+;/m0./s1. The van der Waals surface area contributed by atoms with E-state index in [4.69, 9.17) is 4.74 Å². The molecule has 0 bridgehead atoms. The van der Waals surface area contributed by atoms with E-state index in [1.54, 1.807) is 0 Å². The molecular formula is C21H27ClN2O3. The molecule has 1 aromatic carbocycles. The average molecular weight is 391 g/mol. The number of H-pyrrole nitrogens is 1. The van der Waals surface area contributed by atoms with E-state index in [0.717, 1.165) is 32.4 Å². The summed E-state index contributed by atoms with van der Waals surface area (Å²) in [5, 5.41) is 11.8. The van der Waals surface area contributed by atoms with Gasteiger partial charge in [-0.25, -0.2) is 0 Å². The summed E-state index contributed by atoms with van der Waals surface area (Å²) in [6, 6.07) is 8.83. The number of aliphatic hydroxyl groups is 1. The van der Waals surface area contributed by atoms with E-state index < -0.39 is 6.10 Å². The summed E-state index contributed by atoms with van der Waals surface area (Å²) in [5.74, 6) is 0.0541. The van der Waals surface area contributed by atoms with Crippen molar-refractivity contribution in [3.63, 3.8) is 0 Å². The molecule has 3 heterocycles. The number of nitrogens with one attached hydrogen (secondary N) is 1. The van der Waals surface area contributed by atoms with Crippen LogP contribution in [-0.4, -0.2) is 47.3 Å². The van der Waals surface area contributed by atoms with Crippen LogP contribution in [0.4, 0.5) is 0 Å². The Labute approximate surface area is 165 Å². The Morgan fingerprint density at radius 1 is 1.30 bits per heavy atom. The van der Waals surface area contributed by atoms with Crippen molar-refractivity contribution in [3.8, 4) is 0 Å². The van der Waals surface area contributed by atoms with Gasteiger partial charge in [0.1, 0.15) is 0 Å². The SMILES string of the molecule is COC(=O)[C@@H]1[C@@H]2C[C@H]3c4[nH]c5ccccc5c4CCN3C[C@@H]2CC[C@@H]1O.Cl. The highest BCUT2D eigenvalue weighted by molar-refractivity contribution is 5.85. The predicted molar refractivity (Wildman–Crippen MR) is 106 cm³/mol. The number of para-hydroxylation sites is 1. The number of hydrogen-bond donors (Lipinski definition) is 2. The summed E-state index contributed by atoms with van der Waals surface area (Å²) in [6.07, 6.45) is 3.14. The van der Waals surface area contributed by atoms with Crippen LogP contribution in [0.15, 0.2) is 24.3 Å². The number of nitrogens with zero attached hydrogens (tertiary/aromatic N) is 1. The first-order chi connectivity index (χ1) is 12.7. The largest absolute Gasteiger partial charge is 0.469 e. The Morgan fingerprint density at radius 3 is 2.93 bits per heavy atom. The van der Waals surface area contributed by atoms with Gasteiger partial charge in [0.05, 0.1) is 25.2 Å². The Hall–Kier alpha value is -1.56. The Bertz CT molecular complexity index is 851. The maximum atomic E-state index is 12.4. The van der Waals surface area contributed by atoms with Crippen LogP contribution in [0.25, 0.3) is 10.9 Å². The third kappa shape index (κ3) is 2.87. The quantitative estimate of drug-likeness (QED) is 0.734. The maximum Gasteiger partial charge on any atom is 0.311 e. The Morgan fingerprint density at radius 2 is 2.11 bits per heavy atom. The summed E-state index contributed by atoms with van der Waals surface area (Å²) in [4.78, 5) is 18.6. The molecule has 1 aromatic heterocycles. The van der Waals surface area contributed by atoms with Gasteiger partial charge in [-0.2, -0.15) is 0 Å². The van der Waals surface area contributed by atoms with Crippen molar-refractivity contribution in [2.45, 2.75) is 37.8 Å². The lowest BCUT2D eigenvalue weighted by Crippen LogP contribution is -2.53. The van der Waals surface area contributed by atoms with E-state index in [1.165, 1.54) is 29.3 Å². The fourth-order valence-electron chi connectivity index (χ4n) is 5.80. The lowest BCUT2D eigenvalue weighted by atomic mass is 9.65. The van der Waals surface area contributed by atoms with Crippen LogP contribution in [0.5, 0.6) is 0 Å². The summed E-state index contributed by atoms with van der Waals surface area (Å²) in [6.45, 7) is 2.10. The van der Waals surface area contributed by atoms with Gasteiger partial charge in [0.15, 0.2) is 0 Å². The molecule has 0 radical (unpaired) electrons. The third-order valence-corrected chi connectivity index (χ3v) is 7.02. The minimum Gasteiger partial charge on any atom is -0.469 e. The third-order valence-electron chi connectivity index (χ3n) is 7.02. The van der Waals surface area contributed by atoms with Gasteiger partial charge in [-0.1, -0.05) is 18.2 Å².